The van der Waals surface area contributed by atoms with Crippen LogP contribution in [0.3, 0.4) is 0 Å². The zero-order valence-electron chi connectivity index (χ0n) is 16.8. The maximum atomic E-state index is 10.2. The first kappa shape index (κ1) is 22.8. The summed E-state index contributed by atoms with van der Waals surface area (Å²) in [6.07, 6.45) is 0.468. The second kappa shape index (κ2) is 9.97. The van der Waals surface area contributed by atoms with Crippen LogP contribution in [0.5, 0.6) is 0 Å². The van der Waals surface area contributed by atoms with Crippen LogP contribution in [0.1, 0.15) is 75.2 Å². The van der Waals surface area contributed by atoms with Gasteiger partial charge in [-0.15, -0.1) is 0 Å². The average Bonchev–Trinajstić information content (AvgIpc) is 2.33. The third-order valence-electron chi connectivity index (χ3n) is 3.44. The van der Waals surface area contributed by atoms with Crippen LogP contribution in [0.2, 0.25) is 0 Å². The molecule has 23 heavy (non-hydrogen) atoms. The molecule has 0 aliphatic carbocycles. The molecule has 0 aromatic carbocycles. The van der Waals surface area contributed by atoms with Crippen molar-refractivity contribution in [2.75, 3.05) is 13.2 Å². The molecule has 4 heteroatoms. The lowest BCUT2D eigenvalue weighted by Crippen LogP contribution is -2.41. The molecular weight excluding hydrogens is 292 g/mol. The third-order valence-corrected chi connectivity index (χ3v) is 3.44. The molecule has 2 unspecified atom stereocenters. The molecule has 0 heterocycles. The molecule has 0 aliphatic heterocycles. The Balaban J connectivity index is 4.62. The molecule has 0 rings (SSSR count). The Bertz CT molecular complexity index is 305. The standard InChI is InChI=1S/C19H40O4/c1-14(2)10-11-21-16(22-13-15(3)4)12-19(8,9)23-17(20)18(5,6)7/h14-17,20H,10-13H2,1-9H3. The summed E-state index contributed by atoms with van der Waals surface area (Å²) in [6, 6.07) is 0. The second-order valence-corrected chi connectivity index (χ2v) is 9.01. The van der Waals surface area contributed by atoms with E-state index in [1.54, 1.807) is 0 Å². The SMILES string of the molecule is CC(C)CCOC(CC(C)(C)OC(O)C(C)(C)C)OCC(C)C. The number of hydrogen-bond acceptors (Lipinski definition) is 4. The zero-order chi connectivity index (χ0) is 18.3. The van der Waals surface area contributed by atoms with Gasteiger partial charge in [-0.25, -0.2) is 0 Å². The van der Waals surface area contributed by atoms with Crippen LogP contribution in [-0.2, 0) is 14.2 Å². The van der Waals surface area contributed by atoms with Crippen molar-refractivity contribution < 1.29 is 19.3 Å². The highest BCUT2D eigenvalue weighted by molar-refractivity contribution is 4.75. The Labute approximate surface area is 143 Å². The van der Waals surface area contributed by atoms with Crippen LogP contribution in [0.15, 0.2) is 0 Å². The van der Waals surface area contributed by atoms with E-state index in [9.17, 15) is 5.11 Å². The first-order valence-corrected chi connectivity index (χ1v) is 8.92. The van der Waals surface area contributed by atoms with E-state index >= 15 is 0 Å². The number of aliphatic hydroxyl groups excluding tert-OH is 1. The summed E-state index contributed by atoms with van der Waals surface area (Å²) in [7, 11) is 0. The zero-order valence-corrected chi connectivity index (χ0v) is 16.8. The number of ether oxygens (including phenoxy) is 3. The topological polar surface area (TPSA) is 47.9 Å². The van der Waals surface area contributed by atoms with E-state index < -0.39 is 11.9 Å². The minimum atomic E-state index is -0.820. The molecule has 0 aliphatic rings. The predicted octanol–water partition coefficient (Wildman–Crippen LogP) is 4.60. The normalized spacial score (nSPS) is 16.2. The fourth-order valence-electron chi connectivity index (χ4n) is 1.83. The van der Waals surface area contributed by atoms with Crippen molar-refractivity contribution in [1.29, 1.82) is 0 Å². The lowest BCUT2D eigenvalue weighted by atomic mass is 9.95. The Hall–Kier alpha value is -0.160. The van der Waals surface area contributed by atoms with Crippen molar-refractivity contribution >= 4 is 0 Å². The summed E-state index contributed by atoms with van der Waals surface area (Å²) in [6.45, 7) is 19.8. The number of aliphatic hydroxyl groups is 1. The van der Waals surface area contributed by atoms with Gasteiger partial charge in [0.1, 0.15) is 0 Å². The molecule has 0 amide bonds. The fraction of sp³-hybridized carbons (Fsp3) is 1.00. The van der Waals surface area contributed by atoms with Crippen molar-refractivity contribution in [3.63, 3.8) is 0 Å². The summed E-state index contributed by atoms with van der Waals surface area (Å²) in [4.78, 5) is 0. The Kier molecular flexibility index (Phi) is 9.90. The molecule has 0 aromatic rings. The van der Waals surface area contributed by atoms with Gasteiger partial charge in [0.2, 0.25) is 0 Å². The summed E-state index contributed by atoms with van der Waals surface area (Å²) < 4.78 is 17.7. The Morgan fingerprint density at radius 3 is 1.87 bits per heavy atom. The summed E-state index contributed by atoms with van der Waals surface area (Å²) in [5.74, 6) is 1.06. The van der Waals surface area contributed by atoms with Crippen molar-refractivity contribution in [1.82, 2.24) is 0 Å². The third kappa shape index (κ3) is 11.9. The van der Waals surface area contributed by atoms with E-state index in [0.29, 0.717) is 31.5 Å². The molecule has 140 valence electrons. The van der Waals surface area contributed by atoms with Gasteiger partial charge < -0.3 is 19.3 Å². The molecule has 2 atom stereocenters. The molecular formula is C19H40O4. The maximum Gasteiger partial charge on any atom is 0.160 e. The first-order valence-electron chi connectivity index (χ1n) is 8.92. The van der Waals surface area contributed by atoms with E-state index in [4.69, 9.17) is 14.2 Å². The van der Waals surface area contributed by atoms with Gasteiger partial charge in [-0.3, -0.25) is 0 Å². The van der Waals surface area contributed by atoms with Crippen molar-refractivity contribution in [2.24, 2.45) is 17.3 Å². The van der Waals surface area contributed by atoms with Crippen LogP contribution >= 0.6 is 0 Å². The van der Waals surface area contributed by atoms with Gasteiger partial charge in [0, 0.05) is 18.4 Å². The largest absolute Gasteiger partial charge is 0.367 e. The second-order valence-electron chi connectivity index (χ2n) is 9.01. The molecule has 0 spiro atoms. The molecule has 0 bridgehead atoms. The minimum absolute atomic E-state index is 0.307. The first-order chi connectivity index (χ1) is 10.3. The van der Waals surface area contributed by atoms with Crippen molar-refractivity contribution in [3.05, 3.63) is 0 Å². The van der Waals surface area contributed by atoms with Gasteiger partial charge in [0.05, 0.1) is 12.2 Å². The van der Waals surface area contributed by atoms with Gasteiger partial charge in [-0.2, -0.15) is 0 Å². The number of hydrogen-bond donors (Lipinski definition) is 1. The average molecular weight is 333 g/mol. The minimum Gasteiger partial charge on any atom is -0.367 e. The lowest BCUT2D eigenvalue weighted by molar-refractivity contribution is -0.244. The van der Waals surface area contributed by atoms with E-state index in [1.807, 2.05) is 34.6 Å². The highest BCUT2D eigenvalue weighted by atomic mass is 16.7. The van der Waals surface area contributed by atoms with Crippen LogP contribution in [0, 0.1) is 17.3 Å². The van der Waals surface area contributed by atoms with E-state index in [-0.39, 0.29) is 11.7 Å². The molecule has 0 saturated carbocycles. The summed E-state index contributed by atoms with van der Waals surface area (Å²) in [5, 5.41) is 10.2. The number of rotatable bonds is 11. The van der Waals surface area contributed by atoms with Gasteiger partial charge in [0.15, 0.2) is 12.6 Å². The summed E-state index contributed by atoms with van der Waals surface area (Å²) in [5.41, 5.74) is -0.837. The van der Waals surface area contributed by atoms with Crippen LogP contribution < -0.4 is 0 Å². The van der Waals surface area contributed by atoms with Crippen LogP contribution in [0.4, 0.5) is 0 Å². The van der Waals surface area contributed by atoms with Gasteiger partial charge in [0.25, 0.3) is 0 Å². The van der Waals surface area contributed by atoms with E-state index in [1.165, 1.54) is 0 Å². The van der Waals surface area contributed by atoms with Crippen molar-refractivity contribution in [2.45, 2.75) is 93.3 Å². The molecule has 1 N–H and O–H groups in total. The monoisotopic (exact) mass is 332 g/mol. The molecule has 4 nitrogen and oxygen atoms in total. The molecule has 0 fully saturated rings. The molecule has 0 saturated heterocycles. The Morgan fingerprint density at radius 1 is 0.870 bits per heavy atom. The van der Waals surface area contributed by atoms with Gasteiger partial charge >= 0.3 is 0 Å². The van der Waals surface area contributed by atoms with E-state index in [0.717, 1.165) is 6.42 Å². The molecule has 0 radical (unpaired) electrons. The molecule has 0 aromatic heterocycles. The van der Waals surface area contributed by atoms with Crippen molar-refractivity contribution in [3.8, 4) is 0 Å². The quantitative estimate of drug-likeness (QED) is 0.562. The van der Waals surface area contributed by atoms with Gasteiger partial charge in [-0.05, 0) is 32.1 Å². The van der Waals surface area contributed by atoms with E-state index in [2.05, 4.69) is 27.7 Å². The maximum absolute atomic E-state index is 10.2. The summed E-state index contributed by atoms with van der Waals surface area (Å²) >= 11 is 0. The fourth-order valence-corrected chi connectivity index (χ4v) is 1.83. The van der Waals surface area contributed by atoms with Gasteiger partial charge in [-0.1, -0.05) is 48.5 Å². The highest BCUT2D eigenvalue weighted by Gasteiger charge is 2.33. The highest BCUT2D eigenvalue weighted by Crippen LogP contribution is 2.28. The smallest absolute Gasteiger partial charge is 0.160 e. The lowest BCUT2D eigenvalue weighted by Gasteiger charge is -2.36. The Morgan fingerprint density at radius 2 is 1.43 bits per heavy atom. The van der Waals surface area contributed by atoms with Crippen LogP contribution in [0.25, 0.3) is 0 Å². The van der Waals surface area contributed by atoms with Crippen LogP contribution in [-0.4, -0.2) is 36.5 Å². The predicted molar refractivity (Wildman–Crippen MR) is 95.2 cm³/mol.